The van der Waals surface area contributed by atoms with Crippen molar-refractivity contribution in [1.82, 2.24) is 5.43 Å². The highest BCUT2D eigenvalue weighted by Crippen LogP contribution is 2.37. The number of benzene rings is 3. The van der Waals surface area contributed by atoms with E-state index in [9.17, 15) is 4.79 Å². The number of rotatable bonds is 8. The van der Waals surface area contributed by atoms with Gasteiger partial charge in [0.15, 0.2) is 11.5 Å². The lowest BCUT2D eigenvalue weighted by Gasteiger charge is -2.14. The lowest BCUT2D eigenvalue weighted by molar-refractivity contribution is 0.0954. The standard InChI is InChI=1S/C23H19BrCl2N2O3/c1-2-30-21-12-16(13-27-28-23(29)18-8-3-4-9-19(18)24)11-20(26)22(21)31-14-15-6-5-7-17(25)10-15/h3-13H,2,14H2,1H3,(H,28,29)/b27-13-. The summed E-state index contributed by atoms with van der Waals surface area (Å²) in [5.74, 6) is 0.579. The van der Waals surface area contributed by atoms with Crippen molar-refractivity contribution < 1.29 is 14.3 Å². The molecule has 3 aromatic rings. The van der Waals surface area contributed by atoms with Gasteiger partial charge in [-0.3, -0.25) is 4.79 Å². The van der Waals surface area contributed by atoms with E-state index in [1.165, 1.54) is 6.21 Å². The Morgan fingerprint density at radius 1 is 1.10 bits per heavy atom. The van der Waals surface area contributed by atoms with Crippen molar-refractivity contribution >= 4 is 51.3 Å². The van der Waals surface area contributed by atoms with E-state index in [4.69, 9.17) is 32.7 Å². The maximum Gasteiger partial charge on any atom is 0.272 e. The SMILES string of the molecule is CCOc1cc(/C=N\NC(=O)c2ccccc2Br)cc(Cl)c1OCc1cccc(Cl)c1. The first-order chi connectivity index (χ1) is 15.0. The molecule has 0 aliphatic carbocycles. The number of hydrogen-bond acceptors (Lipinski definition) is 4. The molecule has 0 unspecified atom stereocenters. The Morgan fingerprint density at radius 2 is 1.90 bits per heavy atom. The Hall–Kier alpha value is -2.54. The molecule has 8 heteroatoms. The fourth-order valence-electron chi connectivity index (χ4n) is 2.72. The molecular weight excluding hydrogens is 503 g/mol. The van der Waals surface area contributed by atoms with Crippen molar-refractivity contribution in [2.75, 3.05) is 6.61 Å². The normalized spacial score (nSPS) is 10.8. The van der Waals surface area contributed by atoms with E-state index in [0.717, 1.165) is 5.56 Å². The molecule has 0 aliphatic rings. The largest absolute Gasteiger partial charge is 0.490 e. The summed E-state index contributed by atoms with van der Waals surface area (Å²) in [6, 6.07) is 17.9. The highest BCUT2D eigenvalue weighted by atomic mass is 79.9. The minimum absolute atomic E-state index is 0.288. The quantitative estimate of drug-likeness (QED) is 0.272. The van der Waals surface area contributed by atoms with Crippen molar-refractivity contribution in [1.29, 1.82) is 0 Å². The molecule has 0 spiro atoms. The van der Waals surface area contributed by atoms with Gasteiger partial charge >= 0.3 is 0 Å². The number of amides is 1. The number of nitrogens with one attached hydrogen (secondary N) is 1. The summed E-state index contributed by atoms with van der Waals surface area (Å²) in [7, 11) is 0. The summed E-state index contributed by atoms with van der Waals surface area (Å²) in [4.78, 5) is 12.3. The van der Waals surface area contributed by atoms with Gasteiger partial charge in [0.2, 0.25) is 0 Å². The molecule has 160 valence electrons. The molecule has 0 saturated heterocycles. The Kier molecular flexibility index (Phi) is 8.35. The number of halogens is 3. The highest BCUT2D eigenvalue weighted by Gasteiger charge is 2.13. The second-order valence-corrected chi connectivity index (χ2v) is 8.06. The second kappa shape index (κ2) is 11.2. The summed E-state index contributed by atoms with van der Waals surface area (Å²) >= 11 is 15.8. The van der Waals surface area contributed by atoms with E-state index in [-0.39, 0.29) is 12.5 Å². The lowest BCUT2D eigenvalue weighted by Crippen LogP contribution is -2.18. The first-order valence-electron chi connectivity index (χ1n) is 9.39. The monoisotopic (exact) mass is 520 g/mol. The molecule has 0 aromatic heterocycles. The van der Waals surface area contributed by atoms with Gasteiger partial charge in [0, 0.05) is 9.50 Å². The van der Waals surface area contributed by atoms with Crippen molar-refractivity contribution in [3.8, 4) is 11.5 Å². The molecule has 0 bridgehead atoms. The Labute approximate surface area is 199 Å². The number of hydrazone groups is 1. The van der Waals surface area contributed by atoms with E-state index >= 15 is 0 Å². The fourth-order valence-corrected chi connectivity index (χ4v) is 3.67. The Bertz CT molecular complexity index is 1110. The van der Waals surface area contributed by atoms with Crippen LogP contribution < -0.4 is 14.9 Å². The van der Waals surface area contributed by atoms with E-state index in [1.807, 2.05) is 31.2 Å². The average molecular weight is 522 g/mol. The van der Waals surface area contributed by atoms with Crippen LogP contribution in [0, 0.1) is 0 Å². The summed E-state index contributed by atoms with van der Waals surface area (Å²) < 4.78 is 12.3. The van der Waals surface area contributed by atoms with Gasteiger partial charge in [-0.05, 0) is 70.4 Å². The van der Waals surface area contributed by atoms with Crippen LogP contribution in [0.15, 0.2) is 70.2 Å². The van der Waals surface area contributed by atoms with Gasteiger partial charge in [-0.2, -0.15) is 5.10 Å². The zero-order valence-corrected chi connectivity index (χ0v) is 19.7. The Morgan fingerprint density at radius 3 is 2.65 bits per heavy atom. The van der Waals surface area contributed by atoms with Crippen molar-refractivity contribution in [3.63, 3.8) is 0 Å². The van der Waals surface area contributed by atoms with Crippen molar-refractivity contribution in [2.24, 2.45) is 5.10 Å². The zero-order chi connectivity index (χ0) is 22.2. The van der Waals surface area contributed by atoms with Crippen LogP contribution in [0.1, 0.15) is 28.4 Å². The molecule has 1 N–H and O–H groups in total. The first-order valence-corrected chi connectivity index (χ1v) is 10.9. The third-order valence-corrected chi connectivity index (χ3v) is 5.31. The van der Waals surface area contributed by atoms with Crippen LogP contribution in [0.2, 0.25) is 10.0 Å². The summed E-state index contributed by atoms with van der Waals surface area (Å²) in [5, 5.41) is 5.02. The summed E-state index contributed by atoms with van der Waals surface area (Å²) in [6.07, 6.45) is 1.49. The molecule has 5 nitrogen and oxygen atoms in total. The molecule has 0 aliphatic heterocycles. The predicted octanol–water partition coefficient (Wildman–Crippen LogP) is 6.50. The minimum Gasteiger partial charge on any atom is -0.490 e. The average Bonchev–Trinajstić information content (AvgIpc) is 2.73. The van der Waals surface area contributed by atoms with Gasteiger partial charge in [0.05, 0.1) is 23.4 Å². The van der Waals surface area contributed by atoms with Crippen LogP contribution in [0.4, 0.5) is 0 Å². The fraction of sp³-hybridized carbons (Fsp3) is 0.130. The number of nitrogens with zero attached hydrogens (tertiary/aromatic N) is 1. The van der Waals surface area contributed by atoms with Crippen LogP contribution in [0.5, 0.6) is 11.5 Å². The number of ether oxygens (including phenoxy) is 2. The number of hydrogen-bond donors (Lipinski definition) is 1. The lowest BCUT2D eigenvalue weighted by atomic mass is 10.2. The molecule has 0 atom stereocenters. The van der Waals surface area contributed by atoms with Crippen LogP contribution >= 0.6 is 39.1 Å². The van der Waals surface area contributed by atoms with E-state index in [0.29, 0.717) is 43.8 Å². The molecule has 0 saturated carbocycles. The van der Waals surface area contributed by atoms with Gasteiger partial charge in [0.25, 0.3) is 5.91 Å². The van der Waals surface area contributed by atoms with E-state index in [1.54, 1.807) is 36.4 Å². The molecule has 3 aromatic carbocycles. The molecule has 31 heavy (non-hydrogen) atoms. The van der Waals surface area contributed by atoms with Crippen molar-refractivity contribution in [3.05, 3.63) is 91.9 Å². The topological polar surface area (TPSA) is 59.9 Å². The van der Waals surface area contributed by atoms with Crippen LogP contribution in [-0.4, -0.2) is 18.7 Å². The molecule has 1 amide bonds. The Balaban J connectivity index is 1.73. The molecular formula is C23H19BrCl2N2O3. The third kappa shape index (κ3) is 6.47. The van der Waals surface area contributed by atoms with Crippen LogP contribution in [0.3, 0.4) is 0 Å². The molecule has 3 rings (SSSR count). The smallest absolute Gasteiger partial charge is 0.272 e. The van der Waals surface area contributed by atoms with Gasteiger partial charge in [-0.25, -0.2) is 5.43 Å². The third-order valence-electron chi connectivity index (χ3n) is 4.10. The highest BCUT2D eigenvalue weighted by molar-refractivity contribution is 9.10. The van der Waals surface area contributed by atoms with Gasteiger partial charge < -0.3 is 9.47 Å². The minimum atomic E-state index is -0.332. The number of carbonyl (C=O) groups excluding carboxylic acids is 1. The molecule has 0 heterocycles. The number of carbonyl (C=O) groups is 1. The second-order valence-electron chi connectivity index (χ2n) is 6.36. The maximum absolute atomic E-state index is 12.3. The van der Waals surface area contributed by atoms with Crippen molar-refractivity contribution in [2.45, 2.75) is 13.5 Å². The summed E-state index contributed by atoms with van der Waals surface area (Å²) in [5.41, 5.74) is 4.54. The van der Waals surface area contributed by atoms with E-state index in [2.05, 4.69) is 26.5 Å². The van der Waals surface area contributed by atoms with Gasteiger partial charge in [0.1, 0.15) is 6.61 Å². The molecule has 0 radical (unpaired) electrons. The maximum atomic E-state index is 12.3. The first kappa shape index (κ1) is 23.1. The van der Waals surface area contributed by atoms with Crippen LogP contribution in [-0.2, 0) is 6.61 Å². The zero-order valence-electron chi connectivity index (χ0n) is 16.6. The molecule has 0 fully saturated rings. The summed E-state index contributed by atoms with van der Waals surface area (Å²) in [6.45, 7) is 2.59. The predicted molar refractivity (Wildman–Crippen MR) is 128 cm³/mol. The van der Waals surface area contributed by atoms with E-state index < -0.39 is 0 Å². The van der Waals surface area contributed by atoms with Gasteiger partial charge in [-0.15, -0.1) is 0 Å². The van der Waals surface area contributed by atoms with Crippen LogP contribution in [0.25, 0.3) is 0 Å². The van der Waals surface area contributed by atoms with Gasteiger partial charge in [-0.1, -0.05) is 47.5 Å².